The minimum atomic E-state index is -0.382. The van der Waals surface area contributed by atoms with Gasteiger partial charge >= 0.3 is 5.97 Å². The van der Waals surface area contributed by atoms with Gasteiger partial charge < -0.3 is 4.74 Å². The first-order valence-corrected chi connectivity index (χ1v) is 9.33. The Morgan fingerprint density at radius 1 is 1.11 bits per heavy atom. The maximum absolute atomic E-state index is 12.8. The van der Waals surface area contributed by atoms with Gasteiger partial charge in [0.15, 0.2) is 0 Å². The molecular weight excluding hydrogens is 348 g/mol. The Hall–Kier alpha value is -3.27. The van der Waals surface area contributed by atoms with E-state index in [9.17, 15) is 4.79 Å². The van der Waals surface area contributed by atoms with Crippen LogP contribution in [0.25, 0.3) is 11.3 Å². The summed E-state index contributed by atoms with van der Waals surface area (Å²) in [4.78, 5) is 21.5. The van der Waals surface area contributed by atoms with Crippen LogP contribution in [-0.2, 0) is 11.2 Å². The van der Waals surface area contributed by atoms with Crippen LogP contribution < -0.4 is 0 Å². The van der Waals surface area contributed by atoms with Crippen LogP contribution in [0.1, 0.15) is 45.5 Å². The maximum Gasteiger partial charge on any atom is 0.340 e. The highest BCUT2D eigenvalue weighted by Gasteiger charge is 2.28. The van der Waals surface area contributed by atoms with E-state index >= 15 is 0 Å². The molecule has 1 atom stereocenters. The number of aromatic nitrogens is 2. The van der Waals surface area contributed by atoms with Crippen LogP contribution >= 0.6 is 0 Å². The molecule has 4 heteroatoms. The summed E-state index contributed by atoms with van der Waals surface area (Å²) in [5, 5.41) is 0. The van der Waals surface area contributed by atoms with Crippen LogP contribution in [0.5, 0.6) is 0 Å². The first-order chi connectivity index (χ1) is 13.6. The van der Waals surface area contributed by atoms with E-state index in [0.717, 1.165) is 17.5 Å². The van der Waals surface area contributed by atoms with Gasteiger partial charge in [0.25, 0.3) is 0 Å². The standard InChI is InChI=1S/C24H22N2O2/c1-15-6-7-17-11-16(2)13-21(20(17)12-15)19-8-10-26-23(22(19)24(27)28-3)18-5-4-9-25-14-18/h4-10,12-14,21H,11H2,1-3H3. The number of ether oxygens (including phenoxy) is 1. The third-order valence-corrected chi connectivity index (χ3v) is 5.20. The minimum Gasteiger partial charge on any atom is -0.465 e. The van der Waals surface area contributed by atoms with Crippen LogP contribution in [0.4, 0.5) is 0 Å². The monoisotopic (exact) mass is 370 g/mol. The van der Waals surface area contributed by atoms with E-state index in [1.165, 1.54) is 29.4 Å². The van der Waals surface area contributed by atoms with Crippen LogP contribution in [0.3, 0.4) is 0 Å². The zero-order chi connectivity index (χ0) is 19.7. The second kappa shape index (κ2) is 7.39. The van der Waals surface area contributed by atoms with E-state index in [-0.39, 0.29) is 11.9 Å². The fourth-order valence-electron chi connectivity index (χ4n) is 3.93. The fourth-order valence-corrected chi connectivity index (χ4v) is 3.93. The van der Waals surface area contributed by atoms with Gasteiger partial charge in [-0.2, -0.15) is 0 Å². The Kier molecular flexibility index (Phi) is 4.78. The molecule has 0 fully saturated rings. The van der Waals surface area contributed by atoms with Gasteiger partial charge in [0.05, 0.1) is 18.4 Å². The molecule has 2 aromatic heterocycles. The molecule has 4 nitrogen and oxygen atoms in total. The molecule has 0 spiro atoms. The molecular formula is C24H22N2O2. The summed E-state index contributed by atoms with van der Waals surface area (Å²) < 4.78 is 5.15. The molecule has 0 bridgehead atoms. The van der Waals surface area contributed by atoms with Gasteiger partial charge in [-0.05, 0) is 55.2 Å². The molecule has 1 aliphatic carbocycles. The quantitative estimate of drug-likeness (QED) is 0.487. The zero-order valence-electron chi connectivity index (χ0n) is 16.3. The van der Waals surface area contributed by atoms with Crippen molar-refractivity contribution in [2.75, 3.05) is 7.11 Å². The van der Waals surface area contributed by atoms with E-state index in [0.29, 0.717) is 11.3 Å². The smallest absolute Gasteiger partial charge is 0.340 e. The number of pyridine rings is 2. The molecule has 2 heterocycles. The first kappa shape index (κ1) is 18.1. The third-order valence-electron chi connectivity index (χ3n) is 5.20. The number of carbonyl (C=O) groups is 1. The molecule has 1 aliphatic rings. The lowest BCUT2D eigenvalue weighted by Crippen LogP contribution is -2.16. The number of hydrogen-bond acceptors (Lipinski definition) is 4. The number of esters is 1. The van der Waals surface area contributed by atoms with E-state index in [4.69, 9.17) is 4.74 Å². The Morgan fingerprint density at radius 3 is 2.71 bits per heavy atom. The van der Waals surface area contributed by atoms with Gasteiger partial charge in [-0.25, -0.2) is 4.79 Å². The molecule has 0 amide bonds. The molecule has 0 aliphatic heterocycles. The van der Waals surface area contributed by atoms with Crippen molar-refractivity contribution in [3.05, 3.63) is 94.5 Å². The van der Waals surface area contributed by atoms with Gasteiger partial charge in [-0.1, -0.05) is 35.4 Å². The number of aryl methyl sites for hydroxylation is 1. The molecule has 4 rings (SSSR count). The van der Waals surface area contributed by atoms with E-state index in [1.54, 1.807) is 18.6 Å². The number of methoxy groups -OCH3 is 1. The third kappa shape index (κ3) is 3.22. The number of carbonyl (C=O) groups excluding carboxylic acids is 1. The lowest BCUT2D eigenvalue weighted by Gasteiger charge is -2.26. The van der Waals surface area contributed by atoms with Crippen molar-refractivity contribution in [1.82, 2.24) is 9.97 Å². The summed E-state index contributed by atoms with van der Waals surface area (Å²) in [6.45, 7) is 4.23. The molecule has 140 valence electrons. The minimum absolute atomic E-state index is 0.0174. The Morgan fingerprint density at radius 2 is 1.96 bits per heavy atom. The summed E-state index contributed by atoms with van der Waals surface area (Å²) in [7, 11) is 1.41. The van der Waals surface area contributed by atoms with Gasteiger partial charge in [-0.3, -0.25) is 9.97 Å². The van der Waals surface area contributed by atoms with Crippen molar-refractivity contribution >= 4 is 5.97 Å². The lowest BCUT2D eigenvalue weighted by atomic mass is 9.78. The Balaban J connectivity index is 1.97. The molecule has 3 aromatic rings. The fraction of sp³-hybridized carbons (Fsp3) is 0.208. The van der Waals surface area contributed by atoms with Crippen LogP contribution in [0.15, 0.2) is 66.6 Å². The number of allylic oxidation sites excluding steroid dienone is 2. The molecule has 0 saturated heterocycles. The van der Waals surface area contributed by atoms with Gasteiger partial charge in [0.2, 0.25) is 0 Å². The van der Waals surface area contributed by atoms with Crippen molar-refractivity contribution < 1.29 is 9.53 Å². The van der Waals surface area contributed by atoms with Crippen LogP contribution in [-0.4, -0.2) is 23.0 Å². The molecule has 0 saturated carbocycles. The second-order valence-electron chi connectivity index (χ2n) is 7.23. The number of hydrogen-bond donors (Lipinski definition) is 0. The van der Waals surface area contributed by atoms with E-state index in [2.05, 4.69) is 48.1 Å². The Labute approximate surface area is 164 Å². The van der Waals surface area contributed by atoms with Crippen molar-refractivity contribution in [2.45, 2.75) is 26.2 Å². The summed E-state index contributed by atoms with van der Waals surface area (Å²) in [5.41, 5.74) is 7.84. The second-order valence-corrected chi connectivity index (χ2v) is 7.23. The van der Waals surface area contributed by atoms with Crippen molar-refractivity contribution in [2.24, 2.45) is 0 Å². The zero-order valence-corrected chi connectivity index (χ0v) is 16.3. The SMILES string of the molecule is COC(=O)c1c(C2C=C(C)Cc3ccc(C)cc32)ccnc1-c1cccnc1. The number of nitrogens with zero attached hydrogens (tertiary/aromatic N) is 2. The number of benzene rings is 1. The topological polar surface area (TPSA) is 52.1 Å². The largest absolute Gasteiger partial charge is 0.465 e. The van der Waals surface area contributed by atoms with E-state index in [1.807, 2.05) is 18.2 Å². The lowest BCUT2D eigenvalue weighted by molar-refractivity contribution is 0.0600. The summed E-state index contributed by atoms with van der Waals surface area (Å²) in [5.74, 6) is -0.399. The van der Waals surface area contributed by atoms with Gasteiger partial charge in [0, 0.05) is 30.1 Å². The normalized spacial score (nSPS) is 15.5. The molecule has 1 aromatic carbocycles. The van der Waals surface area contributed by atoms with Crippen molar-refractivity contribution in [1.29, 1.82) is 0 Å². The maximum atomic E-state index is 12.8. The average Bonchev–Trinajstić information content (AvgIpc) is 2.73. The molecule has 28 heavy (non-hydrogen) atoms. The highest BCUT2D eigenvalue weighted by atomic mass is 16.5. The Bertz CT molecular complexity index is 1070. The van der Waals surface area contributed by atoms with Crippen LogP contribution in [0.2, 0.25) is 0 Å². The van der Waals surface area contributed by atoms with Gasteiger partial charge in [0.1, 0.15) is 0 Å². The molecule has 1 unspecified atom stereocenters. The number of fused-ring (bicyclic) bond motifs is 1. The summed E-state index contributed by atoms with van der Waals surface area (Å²) >= 11 is 0. The van der Waals surface area contributed by atoms with Crippen molar-refractivity contribution in [3.63, 3.8) is 0 Å². The van der Waals surface area contributed by atoms with Crippen LogP contribution in [0, 0.1) is 6.92 Å². The first-order valence-electron chi connectivity index (χ1n) is 9.33. The predicted molar refractivity (Wildman–Crippen MR) is 109 cm³/mol. The predicted octanol–water partition coefficient (Wildman–Crippen LogP) is 4.87. The van der Waals surface area contributed by atoms with Crippen molar-refractivity contribution in [3.8, 4) is 11.3 Å². The highest BCUT2D eigenvalue weighted by Crippen LogP contribution is 2.39. The average molecular weight is 370 g/mol. The summed E-state index contributed by atoms with van der Waals surface area (Å²) in [6, 6.07) is 12.2. The highest BCUT2D eigenvalue weighted by molar-refractivity contribution is 5.98. The molecule has 0 N–H and O–H groups in total. The number of rotatable bonds is 3. The van der Waals surface area contributed by atoms with E-state index < -0.39 is 0 Å². The summed E-state index contributed by atoms with van der Waals surface area (Å²) in [6.07, 6.45) is 8.37. The van der Waals surface area contributed by atoms with Gasteiger partial charge in [-0.15, -0.1) is 0 Å². The molecule has 0 radical (unpaired) electrons.